The molecule has 0 saturated carbocycles. The maximum atomic E-state index is 12.8. The minimum atomic E-state index is -0.537. The number of carbonyl (C=O) groups is 1. The molecule has 0 heterocycles. The summed E-state index contributed by atoms with van der Waals surface area (Å²) >= 11 is 0. The highest BCUT2D eigenvalue weighted by molar-refractivity contribution is 5.81. The molecule has 2 aromatic rings. The van der Waals surface area contributed by atoms with Crippen LogP contribution in [0.3, 0.4) is 0 Å². The molecule has 2 unspecified atom stereocenters. The maximum absolute atomic E-state index is 12.8. The van der Waals surface area contributed by atoms with Gasteiger partial charge in [-0.15, -0.1) is 0 Å². The predicted molar refractivity (Wildman–Crippen MR) is 98.0 cm³/mol. The van der Waals surface area contributed by atoms with Crippen molar-refractivity contribution >= 4 is 5.91 Å². The van der Waals surface area contributed by atoms with Crippen molar-refractivity contribution in [3.63, 3.8) is 0 Å². The zero-order chi connectivity index (χ0) is 17.6. The van der Waals surface area contributed by atoms with E-state index in [9.17, 15) is 4.79 Å². The first-order valence-electron chi connectivity index (χ1n) is 8.90. The lowest BCUT2D eigenvalue weighted by atomic mass is 9.87. The van der Waals surface area contributed by atoms with Crippen LogP contribution in [-0.2, 0) is 11.2 Å². The van der Waals surface area contributed by atoms with Crippen LogP contribution >= 0.6 is 0 Å². The number of carbonyl (C=O) groups excluding carboxylic acids is 1. The molecule has 1 N–H and O–H groups in total. The monoisotopic (exact) mass is 339 g/mol. The third kappa shape index (κ3) is 3.95. The van der Waals surface area contributed by atoms with Gasteiger partial charge in [0.05, 0.1) is 13.2 Å². The first kappa shape index (κ1) is 17.3. The molecule has 1 aliphatic rings. The minimum Gasteiger partial charge on any atom is -0.493 e. The number of ether oxygens (including phenoxy) is 2. The summed E-state index contributed by atoms with van der Waals surface area (Å²) in [6.45, 7) is 1.95. The van der Waals surface area contributed by atoms with Gasteiger partial charge in [-0.3, -0.25) is 4.79 Å². The summed E-state index contributed by atoms with van der Waals surface area (Å²) in [6.07, 6.45) is 3.20. The largest absolute Gasteiger partial charge is 0.493 e. The quantitative estimate of drug-likeness (QED) is 0.864. The van der Waals surface area contributed by atoms with Gasteiger partial charge in [0, 0.05) is 0 Å². The zero-order valence-electron chi connectivity index (χ0n) is 14.8. The van der Waals surface area contributed by atoms with E-state index in [4.69, 9.17) is 9.47 Å². The van der Waals surface area contributed by atoms with Crippen LogP contribution < -0.4 is 14.8 Å². The van der Waals surface area contributed by atoms with Crippen LogP contribution in [0.2, 0.25) is 0 Å². The maximum Gasteiger partial charge on any atom is 0.261 e. The lowest BCUT2D eigenvalue weighted by molar-refractivity contribution is -0.129. The zero-order valence-corrected chi connectivity index (χ0v) is 14.8. The van der Waals surface area contributed by atoms with Crippen molar-refractivity contribution in [2.75, 3.05) is 7.11 Å². The Bertz CT molecular complexity index is 729. The van der Waals surface area contributed by atoms with Crippen molar-refractivity contribution < 1.29 is 14.3 Å². The molecule has 0 bridgehead atoms. The standard InChI is InChI=1S/C21H25NO3/c1-3-18(25-20-14-7-6-13-19(20)24-2)21(23)22-17-12-8-10-15-9-4-5-11-16(15)17/h4-7,9,11,13-14,17-18H,3,8,10,12H2,1-2H3,(H,22,23). The third-order valence-corrected chi connectivity index (χ3v) is 4.69. The molecule has 132 valence electrons. The van der Waals surface area contributed by atoms with Crippen molar-refractivity contribution in [1.29, 1.82) is 0 Å². The molecule has 0 radical (unpaired) electrons. The number of amides is 1. The van der Waals surface area contributed by atoms with Gasteiger partial charge in [-0.1, -0.05) is 43.3 Å². The Labute approximate surface area is 149 Å². The van der Waals surface area contributed by atoms with Crippen LogP contribution in [0.25, 0.3) is 0 Å². The molecule has 3 rings (SSSR count). The van der Waals surface area contributed by atoms with E-state index in [1.165, 1.54) is 11.1 Å². The van der Waals surface area contributed by atoms with E-state index in [1.807, 2.05) is 37.3 Å². The summed E-state index contributed by atoms with van der Waals surface area (Å²) in [5.74, 6) is 1.16. The molecule has 0 saturated heterocycles. The van der Waals surface area contributed by atoms with Crippen molar-refractivity contribution in [2.45, 2.75) is 44.8 Å². The summed E-state index contributed by atoms with van der Waals surface area (Å²) in [7, 11) is 1.60. The van der Waals surface area contributed by atoms with Gasteiger partial charge in [0.1, 0.15) is 0 Å². The van der Waals surface area contributed by atoms with Crippen LogP contribution in [0.4, 0.5) is 0 Å². The molecule has 2 atom stereocenters. The number of fused-ring (bicyclic) bond motifs is 1. The number of nitrogens with one attached hydrogen (secondary N) is 1. The second kappa shape index (κ2) is 8.06. The lowest BCUT2D eigenvalue weighted by Gasteiger charge is -2.28. The molecule has 25 heavy (non-hydrogen) atoms. The van der Waals surface area contributed by atoms with Gasteiger partial charge in [-0.05, 0) is 48.9 Å². The minimum absolute atomic E-state index is 0.0627. The van der Waals surface area contributed by atoms with Crippen LogP contribution in [0.15, 0.2) is 48.5 Å². The van der Waals surface area contributed by atoms with E-state index < -0.39 is 6.10 Å². The van der Waals surface area contributed by atoms with Crippen LogP contribution in [-0.4, -0.2) is 19.1 Å². The van der Waals surface area contributed by atoms with Gasteiger partial charge in [0.2, 0.25) is 0 Å². The predicted octanol–water partition coefficient (Wildman–Crippen LogP) is 4.05. The van der Waals surface area contributed by atoms with Crippen LogP contribution in [0.5, 0.6) is 11.5 Å². The molecular formula is C21H25NO3. The second-order valence-corrected chi connectivity index (χ2v) is 6.32. The van der Waals surface area contributed by atoms with E-state index in [2.05, 4.69) is 23.5 Å². The first-order chi connectivity index (χ1) is 12.2. The molecule has 0 aliphatic heterocycles. The Hall–Kier alpha value is -2.49. The number of benzene rings is 2. The van der Waals surface area contributed by atoms with E-state index >= 15 is 0 Å². The summed E-state index contributed by atoms with van der Waals surface area (Å²) in [5, 5.41) is 3.18. The normalized spacial score (nSPS) is 17.3. The lowest BCUT2D eigenvalue weighted by Crippen LogP contribution is -2.41. The molecule has 1 aliphatic carbocycles. The third-order valence-electron chi connectivity index (χ3n) is 4.69. The fraction of sp³-hybridized carbons (Fsp3) is 0.381. The van der Waals surface area contributed by atoms with Gasteiger partial charge in [0.15, 0.2) is 17.6 Å². The van der Waals surface area contributed by atoms with Crippen molar-refractivity contribution in [3.8, 4) is 11.5 Å². The molecular weight excluding hydrogens is 314 g/mol. The Morgan fingerprint density at radius 1 is 1.16 bits per heavy atom. The van der Waals surface area contributed by atoms with Gasteiger partial charge in [-0.25, -0.2) is 0 Å². The molecule has 0 fully saturated rings. The first-order valence-corrected chi connectivity index (χ1v) is 8.90. The highest BCUT2D eigenvalue weighted by Gasteiger charge is 2.26. The van der Waals surface area contributed by atoms with Gasteiger partial charge >= 0.3 is 0 Å². The Morgan fingerprint density at radius 3 is 2.64 bits per heavy atom. The average Bonchev–Trinajstić information content (AvgIpc) is 2.66. The molecule has 2 aromatic carbocycles. The second-order valence-electron chi connectivity index (χ2n) is 6.32. The summed E-state index contributed by atoms with van der Waals surface area (Å²) < 4.78 is 11.3. The van der Waals surface area contributed by atoms with E-state index in [0.29, 0.717) is 17.9 Å². The van der Waals surface area contributed by atoms with E-state index in [0.717, 1.165) is 19.3 Å². The molecule has 4 nitrogen and oxygen atoms in total. The Balaban J connectivity index is 1.71. The number of para-hydroxylation sites is 2. The molecule has 0 spiro atoms. The van der Waals surface area contributed by atoms with Crippen molar-refractivity contribution in [1.82, 2.24) is 5.32 Å². The van der Waals surface area contributed by atoms with Crippen LogP contribution in [0, 0.1) is 0 Å². The number of hydrogen-bond acceptors (Lipinski definition) is 3. The van der Waals surface area contributed by atoms with Crippen LogP contribution in [0.1, 0.15) is 43.4 Å². The summed E-state index contributed by atoms with van der Waals surface area (Å²) in [6, 6.07) is 15.8. The fourth-order valence-electron chi connectivity index (χ4n) is 3.36. The van der Waals surface area contributed by atoms with E-state index in [1.54, 1.807) is 7.11 Å². The topological polar surface area (TPSA) is 47.6 Å². The highest BCUT2D eigenvalue weighted by atomic mass is 16.5. The number of rotatable bonds is 6. The highest BCUT2D eigenvalue weighted by Crippen LogP contribution is 2.30. The molecule has 1 amide bonds. The molecule has 4 heteroatoms. The Kier molecular flexibility index (Phi) is 5.59. The Morgan fingerprint density at radius 2 is 1.88 bits per heavy atom. The SMILES string of the molecule is CCC(Oc1ccccc1OC)C(=O)NC1CCCc2ccccc21. The summed E-state index contributed by atoms with van der Waals surface area (Å²) in [5.41, 5.74) is 2.56. The van der Waals surface area contributed by atoms with Gasteiger partial charge in [0.25, 0.3) is 5.91 Å². The molecule has 0 aromatic heterocycles. The fourth-order valence-corrected chi connectivity index (χ4v) is 3.36. The number of aryl methyl sites for hydroxylation is 1. The van der Waals surface area contributed by atoms with Crippen molar-refractivity contribution in [2.24, 2.45) is 0 Å². The van der Waals surface area contributed by atoms with Gasteiger partial charge in [-0.2, -0.15) is 0 Å². The smallest absolute Gasteiger partial charge is 0.261 e. The number of methoxy groups -OCH3 is 1. The number of hydrogen-bond donors (Lipinski definition) is 1. The summed E-state index contributed by atoms with van der Waals surface area (Å²) in [4.78, 5) is 12.8. The van der Waals surface area contributed by atoms with Gasteiger partial charge < -0.3 is 14.8 Å². The average molecular weight is 339 g/mol. The van der Waals surface area contributed by atoms with Crippen molar-refractivity contribution in [3.05, 3.63) is 59.7 Å². The van der Waals surface area contributed by atoms with E-state index in [-0.39, 0.29) is 11.9 Å².